The van der Waals surface area contributed by atoms with Crippen LogP contribution < -0.4 is 78.6 Å². The van der Waals surface area contributed by atoms with Crippen LogP contribution in [-0.4, -0.2) is 20.1 Å². The lowest BCUT2D eigenvalue weighted by Crippen LogP contribution is -2.73. The third-order valence-electron chi connectivity index (χ3n) is 17.7. The van der Waals surface area contributed by atoms with Gasteiger partial charge >= 0.3 is 0 Å². The highest BCUT2D eigenvalue weighted by Crippen LogP contribution is 2.61. The first-order chi connectivity index (χ1) is 37.3. The molecule has 8 aliphatic rings. The topological polar surface area (TPSA) is 19.4 Å². The molecule has 11 aromatic rings. The summed E-state index contributed by atoms with van der Waals surface area (Å²) in [7, 11) is 0. The molecule has 11 aromatic carbocycles. The lowest BCUT2D eigenvalue weighted by Gasteiger charge is -2.57. The number of hydrogen-bond acceptors (Lipinski definition) is 6. The van der Waals surface area contributed by atoms with Crippen LogP contribution in [0.25, 0.3) is 0 Å². The fraction of sp³-hybridized carbons (Fsp3) is 0. The maximum atomic E-state index is 2.75. The minimum Gasteiger partial charge on any atom is -0.311 e. The Morgan fingerprint density at radius 1 is 0.187 bits per heavy atom. The van der Waals surface area contributed by atoms with E-state index in [-0.39, 0.29) is 20.1 Å². The molecule has 0 atom stereocenters. The zero-order valence-electron chi connectivity index (χ0n) is 40.4. The third kappa shape index (κ3) is 4.57. The summed E-state index contributed by atoms with van der Waals surface area (Å²) in [6.45, 7) is -0.171. The molecule has 0 fully saturated rings. The van der Waals surface area contributed by atoms with Gasteiger partial charge in [0.2, 0.25) is 0 Å². The van der Waals surface area contributed by atoms with Gasteiger partial charge in [0, 0.05) is 56.9 Å². The van der Waals surface area contributed by atoms with Crippen molar-refractivity contribution in [3.63, 3.8) is 0 Å². The van der Waals surface area contributed by atoms with Crippen molar-refractivity contribution in [2.24, 2.45) is 0 Å². The van der Waals surface area contributed by atoms with Gasteiger partial charge in [-0.05, 0) is 146 Å². The Hall–Kier alpha value is -9.59. The second-order valence-corrected chi connectivity index (χ2v) is 21.1. The fourth-order valence-corrected chi connectivity index (χ4v) is 15.2. The van der Waals surface area contributed by atoms with Crippen molar-refractivity contribution in [1.29, 1.82) is 0 Å². The standard InChI is InChI=1S/C66H39B3N6/c1-5-19-40(20-6-1)70-50-31-15-13-27-44(50)67-48-39-49-64-60-63(48)74-61-46(29-17-33-54(61)72(42-23-9-3-10-24-42)56-37-35-52(70)58(67)65(56)74)69(60)47-30-18-34-55-62(47)75(64)66-57(73(55)43-25-11-4-12-26-43)38-36-53-59(66)68(49)45-28-14-16-32-51(45)71(53)41-21-7-2-8-22-41/h1-39H. The molecule has 0 aromatic heterocycles. The molecule has 0 saturated carbocycles. The van der Waals surface area contributed by atoms with Crippen LogP contribution >= 0.6 is 0 Å². The van der Waals surface area contributed by atoms with Gasteiger partial charge in [0.15, 0.2) is 0 Å². The Balaban J connectivity index is 1.00. The summed E-state index contributed by atoms with van der Waals surface area (Å²) in [4.78, 5) is 15.7. The van der Waals surface area contributed by atoms with Gasteiger partial charge in [-0.3, -0.25) is 0 Å². The summed E-state index contributed by atoms with van der Waals surface area (Å²) in [5.74, 6) is 0. The van der Waals surface area contributed by atoms with Gasteiger partial charge in [0.05, 0.1) is 45.5 Å². The highest BCUT2D eigenvalue weighted by molar-refractivity contribution is 7.08. The molecule has 19 rings (SSSR count). The monoisotopic (exact) mass is 948 g/mol. The molecular formula is C66H39B3N6. The number of benzene rings is 11. The van der Waals surface area contributed by atoms with E-state index >= 15 is 0 Å². The maximum Gasteiger partial charge on any atom is 0.252 e. The van der Waals surface area contributed by atoms with E-state index in [0.717, 1.165) is 22.7 Å². The predicted octanol–water partition coefficient (Wildman–Crippen LogP) is 10.6. The van der Waals surface area contributed by atoms with Crippen LogP contribution in [0.5, 0.6) is 0 Å². The Morgan fingerprint density at radius 3 is 0.907 bits per heavy atom. The van der Waals surface area contributed by atoms with Gasteiger partial charge in [-0.25, -0.2) is 0 Å². The molecule has 0 radical (unpaired) electrons. The molecule has 342 valence electrons. The zero-order chi connectivity index (χ0) is 48.4. The minimum atomic E-state index is -0.0572. The molecule has 0 unspecified atom stereocenters. The lowest BCUT2D eigenvalue weighted by atomic mass is 9.25. The largest absolute Gasteiger partial charge is 0.311 e. The SMILES string of the molecule is c1ccc(N2c3ccccc3B3c4cc5c6c7c4N4c8c(cccc8N(c8ccccc8)c8ccc2c3c84)B7c2cccc3c2N6c2c(ccc4c2B5c2ccccc2N4c2ccccc2)N3c2ccccc2)cc1. The summed E-state index contributed by atoms with van der Waals surface area (Å²) in [5.41, 5.74) is 34.3. The number of anilines is 18. The van der Waals surface area contributed by atoms with Gasteiger partial charge in [-0.2, -0.15) is 0 Å². The maximum absolute atomic E-state index is 2.75. The van der Waals surface area contributed by atoms with Crippen molar-refractivity contribution in [1.82, 2.24) is 0 Å². The summed E-state index contributed by atoms with van der Waals surface area (Å²) in [5, 5.41) is 0. The Labute approximate surface area is 435 Å². The number of rotatable bonds is 4. The Kier molecular flexibility index (Phi) is 7.14. The van der Waals surface area contributed by atoms with Crippen molar-refractivity contribution in [3.05, 3.63) is 237 Å². The van der Waals surface area contributed by atoms with Crippen LogP contribution in [0, 0.1) is 0 Å². The number of fused-ring (bicyclic) bond motifs is 8. The highest BCUT2D eigenvalue weighted by atomic mass is 15.3. The molecule has 0 aliphatic carbocycles. The normalized spacial score (nSPS) is 15.0. The summed E-state index contributed by atoms with van der Waals surface area (Å²) >= 11 is 0. The summed E-state index contributed by atoms with van der Waals surface area (Å²) < 4.78 is 0. The molecular weight excluding hydrogens is 909 g/mol. The van der Waals surface area contributed by atoms with Gasteiger partial charge in [-0.15, -0.1) is 0 Å². The molecule has 0 saturated heterocycles. The van der Waals surface area contributed by atoms with Crippen LogP contribution in [0.3, 0.4) is 0 Å². The van der Waals surface area contributed by atoms with E-state index in [4.69, 9.17) is 0 Å². The third-order valence-corrected chi connectivity index (χ3v) is 17.7. The quantitative estimate of drug-likeness (QED) is 0.163. The summed E-state index contributed by atoms with van der Waals surface area (Å²) in [6.07, 6.45) is 0. The highest BCUT2D eigenvalue weighted by Gasteiger charge is 2.58. The number of hydrogen-bond donors (Lipinski definition) is 0. The van der Waals surface area contributed by atoms with E-state index < -0.39 is 0 Å². The van der Waals surface area contributed by atoms with Crippen molar-refractivity contribution in [2.45, 2.75) is 0 Å². The zero-order valence-corrected chi connectivity index (χ0v) is 40.4. The Bertz CT molecular complexity index is 4110. The van der Waals surface area contributed by atoms with E-state index in [2.05, 4.69) is 266 Å². The average Bonchev–Trinajstić information content (AvgIpc) is 3.65. The van der Waals surface area contributed by atoms with Gasteiger partial charge in [-0.1, -0.05) is 140 Å². The second kappa shape index (κ2) is 13.7. The van der Waals surface area contributed by atoms with Gasteiger partial charge in [0.1, 0.15) is 0 Å². The molecule has 9 heteroatoms. The molecule has 0 spiro atoms. The van der Waals surface area contributed by atoms with E-state index in [1.807, 2.05) is 0 Å². The van der Waals surface area contributed by atoms with Crippen molar-refractivity contribution < 1.29 is 0 Å². The van der Waals surface area contributed by atoms with Crippen molar-refractivity contribution in [3.8, 4) is 0 Å². The van der Waals surface area contributed by atoms with Gasteiger partial charge in [0.25, 0.3) is 20.1 Å². The Morgan fingerprint density at radius 2 is 0.493 bits per heavy atom. The lowest BCUT2D eigenvalue weighted by molar-refractivity contribution is 1.15. The fourth-order valence-electron chi connectivity index (χ4n) is 15.2. The summed E-state index contributed by atoms with van der Waals surface area (Å²) in [6, 6.07) is 89.2. The second-order valence-electron chi connectivity index (χ2n) is 21.1. The smallest absolute Gasteiger partial charge is 0.252 e. The number of para-hydroxylation sites is 8. The number of nitrogens with zero attached hydrogens (tertiary/aromatic N) is 6. The molecule has 6 nitrogen and oxygen atoms in total. The molecule has 0 N–H and O–H groups in total. The molecule has 8 aliphatic heterocycles. The van der Waals surface area contributed by atoms with Crippen LogP contribution in [0.1, 0.15) is 0 Å². The van der Waals surface area contributed by atoms with Gasteiger partial charge < -0.3 is 29.4 Å². The first kappa shape index (κ1) is 39.0. The molecule has 0 bridgehead atoms. The molecule has 8 heterocycles. The van der Waals surface area contributed by atoms with E-state index in [1.165, 1.54) is 129 Å². The first-order valence-corrected chi connectivity index (χ1v) is 26.3. The van der Waals surface area contributed by atoms with Crippen LogP contribution in [0.4, 0.5) is 102 Å². The van der Waals surface area contributed by atoms with E-state index in [0.29, 0.717) is 0 Å². The first-order valence-electron chi connectivity index (χ1n) is 26.3. The van der Waals surface area contributed by atoms with Crippen molar-refractivity contribution in [2.75, 3.05) is 29.4 Å². The van der Waals surface area contributed by atoms with Crippen LogP contribution in [0.15, 0.2) is 237 Å². The predicted molar refractivity (Wildman–Crippen MR) is 316 cm³/mol. The van der Waals surface area contributed by atoms with E-state index in [1.54, 1.807) is 0 Å². The minimum absolute atomic E-state index is 0.0569. The van der Waals surface area contributed by atoms with Crippen LogP contribution in [0.2, 0.25) is 0 Å². The van der Waals surface area contributed by atoms with Crippen LogP contribution in [-0.2, 0) is 0 Å². The average molecular weight is 949 g/mol. The van der Waals surface area contributed by atoms with E-state index in [9.17, 15) is 0 Å². The molecule has 0 amide bonds. The molecule has 75 heavy (non-hydrogen) atoms. The van der Waals surface area contributed by atoms with Crippen molar-refractivity contribution >= 4 is 172 Å².